The maximum absolute atomic E-state index is 3.65. The van der Waals surface area contributed by atoms with Crippen molar-refractivity contribution < 1.29 is 0 Å². The van der Waals surface area contributed by atoms with Crippen molar-refractivity contribution in [1.82, 2.24) is 10.2 Å². The van der Waals surface area contributed by atoms with Crippen LogP contribution in [0.5, 0.6) is 0 Å². The van der Waals surface area contributed by atoms with Crippen molar-refractivity contribution in [2.75, 3.05) is 20.1 Å². The Morgan fingerprint density at radius 1 is 1.56 bits per heavy atom. The largest absolute Gasteiger partial charge is 0.312 e. The zero-order valence-electron chi connectivity index (χ0n) is 9.87. The summed E-state index contributed by atoms with van der Waals surface area (Å²) in [5, 5.41) is 3.65. The molecule has 1 N–H and O–H groups in total. The molecule has 0 aromatic carbocycles. The van der Waals surface area contributed by atoms with E-state index in [-0.39, 0.29) is 0 Å². The van der Waals surface area contributed by atoms with Crippen LogP contribution in [0, 0.1) is 0 Å². The lowest BCUT2D eigenvalue weighted by Gasteiger charge is -2.13. The Kier molecular flexibility index (Phi) is 4.41. The fraction of sp³-hybridized carbons (Fsp3) is 0.667. The van der Waals surface area contributed by atoms with Crippen LogP contribution in [0.1, 0.15) is 18.2 Å². The number of hydrogen-bond acceptors (Lipinski definition) is 3. The van der Waals surface area contributed by atoms with E-state index in [1.165, 1.54) is 21.6 Å². The highest BCUT2D eigenvalue weighted by Gasteiger charge is 2.25. The van der Waals surface area contributed by atoms with Gasteiger partial charge in [0.05, 0.1) is 3.79 Å². The summed E-state index contributed by atoms with van der Waals surface area (Å²) in [6.07, 6.45) is 2.43. The number of thiophene rings is 1. The van der Waals surface area contributed by atoms with Crippen LogP contribution in [-0.4, -0.2) is 37.1 Å². The minimum absolute atomic E-state index is 0.684. The Bertz CT molecular complexity index is 330. The highest BCUT2D eigenvalue weighted by Crippen LogP contribution is 2.22. The molecule has 4 heteroatoms. The molecule has 1 fully saturated rings. The lowest BCUT2D eigenvalue weighted by molar-refractivity contribution is 0.327. The second kappa shape index (κ2) is 5.63. The number of nitrogens with one attached hydrogen (secondary N) is 1. The fourth-order valence-corrected chi connectivity index (χ4v) is 3.71. The number of likely N-dealkylation sites (N-methyl/N-ethyl adjacent to an activating group) is 1. The van der Waals surface area contributed by atoms with Gasteiger partial charge in [-0.15, -0.1) is 11.3 Å². The maximum Gasteiger partial charge on any atom is 0.0701 e. The van der Waals surface area contributed by atoms with Crippen molar-refractivity contribution in [3.63, 3.8) is 0 Å². The molecule has 1 saturated heterocycles. The molecule has 90 valence electrons. The van der Waals surface area contributed by atoms with E-state index in [2.05, 4.69) is 52.3 Å². The fourth-order valence-electron chi connectivity index (χ4n) is 2.23. The minimum atomic E-state index is 0.684. The highest BCUT2D eigenvalue weighted by atomic mass is 79.9. The molecule has 0 radical (unpaired) electrons. The SMILES string of the molecule is CC1CC(NCCc2ccc(Br)s2)CN1C. The average molecular weight is 303 g/mol. The Morgan fingerprint density at radius 3 is 2.94 bits per heavy atom. The molecule has 2 unspecified atom stereocenters. The van der Waals surface area contributed by atoms with Gasteiger partial charge in [-0.05, 0) is 54.9 Å². The monoisotopic (exact) mass is 302 g/mol. The zero-order valence-corrected chi connectivity index (χ0v) is 12.3. The van der Waals surface area contributed by atoms with Crippen molar-refractivity contribution in [3.05, 3.63) is 20.8 Å². The van der Waals surface area contributed by atoms with Gasteiger partial charge in [-0.25, -0.2) is 0 Å². The molecule has 0 spiro atoms. The maximum atomic E-state index is 3.65. The predicted molar refractivity (Wildman–Crippen MR) is 74.2 cm³/mol. The van der Waals surface area contributed by atoms with Crippen LogP contribution in [-0.2, 0) is 6.42 Å². The smallest absolute Gasteiger partial charge is 0.0701 e. The number of halogens is 1. The van der Waals surface area contributed by atoms with Gasteiger partial charge in [0.25, 0.3) is 0 Å². The van der Waals surface area contributed by atoms with Gasteiger partial charge in [0.1, 0.15) is 0 Å². The van der Waals surface area contributed by atoms with Crippen LogP contribution in [0.25, 0.3) is 0 Å². The second-order valence-corrected chi connectivity index (χ2v) is 7.18. The van der Waals surface area contributed by atoms with E-state index in [4.69, 9.17) is 0 Å². The normalized spacial score (nSPS) is 26.4. The number of likely N-dealkylation sites (tertiary alicyclic amines) is 1. The summed E-state index contributed by atoms with van der Waals surface area (Å²) in [5.41, 5.74) is 0. The number of rotatable bonds is 4. The number of nitrogens with zero attached hydrogens (tertiary/aromatic N) is 1. The molecule has 0 aliphatic carbocycles. The van der Waals surface area contributed by atoms with E-state index in [1.807, 2.05) is 11.3 Å². The van der Waals surface area contributed by atoms with Gasteiger partial charge in [0.2, 0.25) is 0 Å². The van der Waals surface area contributed by atoms with Crippen LogP contribution in [0.2, 0.25) is 0 Å². The Hall–Kier alpha value is 0.1000. The summed E-state index contributed by atoms with van der Waals surface area (Å²) in [6.45, 7) is 4.59. The quantitative estimate of drug-likeness (QED) is 0.920. The van der Waals surface area contributed by atoms with Crippen molar-refractivity contribution in [2.45, 2.75) is 31.8 Å². The molecular formula is C12H19BrN2S. The first-order valence-corrected chi connectivity index (χ1v) is 7.44. The van der Waals surface area contributed by atoms with Crippen molar-refractivity contribution in [1.29, 1.82) is 0 Å². The molecule has 0 saturated carbocycles. The van der Waals surface area contributed by atoms with Crippen molar-refractivity contribution in [3.8, 4) is 0 Å². The van der Waals surface area contributed by atoms with Crippen LogP contribution < -0.4 is 5.32 Å². The summed E-state index contributed by atoms with van der Waals surface area (Å²) >= 11 is 5.34. The molecule has 1 aromatic rings. The summed E-state index contributed by atoms with van der Waals surface area (Å²) in [6, 6.07) is 5.75. The summed E-state index contributed by atoms with van der Waals surface area (Å²) in [7, 11) is 2.21. The summed E-state index contributed by atoms with van der Waals surface area (Å²) < 4.78 is 1.23. The van der Waals surface area contributed by atoms with Gasteiger partial charge < -0.3 is 10.2 Å². The molecule has 2 atom stereocenters. The Labute approximate surface area is 110 Å². The van der Waals surface area contributed by atoms with E-state index in [1.54, 1.807) is 0 Å². The molecule has 2 rings (SSSR count). The standard InChI is InChI=1S/C12H19BrN2S/c1-9-7-10(8-15(9)2)14-6-5-11-3-4-12(13)16-11/h3-4,9-10,14H,5-8H2,1-2H3. The van der Waals surface area contributed by atoms with Crippen molar-refractivity contribution in [2.24, 2.45) is 0 Å². The molecule has 16 heavy (non-hydrogen) atoms. The van der Waals surface area contributed by atoms with Crippen LogP contribution in [0.15, 0.2) is 15.9 Å². The molecular weight excluding hydrogens is 284 g/mol. The first kappa shape index (κ1) is 12.6. The Morgan fingerprint density at radius 2 is 2.38 bits per heavy atom. The molecule has 1 aromatic heterocycles. The minimum Gasteiger partial charge on any atom is -0.312 e. The topological polar surface area (TPSA) is 15.3 Å². The van der Waals surface area contributed by atoms with Gasteiger partial charge in [0, 0.05) is 30.1 Å². The van der Waals surface area contributed by atoms with Crippen LogP contribution in [0.3, 0.4) is 0 Å². The van der Waals surface area contributed by atoms with Gasteiger partial charge in [-0.2, -0.15) is 0 Å². The molecule has 2 nitrogen and oxygen atoms in total. The first-order valence-electron chi connectivity index (χ1n) is 5.83. The number of hydrogen-bond donors (Lipinski definition) is 1. The van der Waals surface area contributed by atoms with E-state index in [9.17, 15) is 0 Å². The van der Waals surface area contributed by atoms with Crippen molar-refractivity contribution >= 4 is 27.3 Å². The molecule has 1 aliphatic rings. The molecule has 2 heterocycles. The third-order valence-electron chi connectivity index (χ3n) is 3.32. The van der Waals surface area contributed by atoms with Crippen LogP contribution >= 0.6 is 27.3 Å². The van der Waals surface area contributed by atoms with Gasteiger partial charge in [0.15, 0.2) is 0 Å². The van der Waals surface area contributed by atoms with Gasteiger partial charge in [-0.1, -0.05) is 0 Å². The van der Waals surface area contributed by atoms with E-state index < -0.39 is 0 Å². The van der Waals surface area contributed by atoms with Gasteiger partial charge >= 0.3 is 0 Å². The summed E-state index contributed by atoms with van der Waals surface area (Å²) in [4.78, 5) is 3.89. The summed E-state index contributed by atoms with van der Waals surface area (Å²) in [5.74, 6) is 0. The predicted octanol–water partition coefficient (Wildman–Crippen LogP) is 2.74. The molecule has 0 bridgehead atoms. The second-order valence-electron chi connectivity index (χ2n) is 4.63. The van der Waals surface area contributed by atoms with E-state index in [0.29, 0.717) is 6.04 Å². The van der Waals surface area contributed by atoms with E-state index >= 15 is 0 Å². The Balaban J connectivity index is 1.69. The van der Waals surface area contributed by atoms with Crippen LogP contribution in [0.4, 0.5) is 0 Å². The lowest BCUT2D eigenvalue weighted by atomic mass is 10.2. The highest BCUT2D eigenvalue weighted by molar-refractivity contribution is 9.11. The van der Waals surface area contributed by atoms with E-state index in [0.717, 1.165) is 19.0 Å². The molecule has 0 amide bonds. The molecule has 1 aliphatic heterocycles. The zero-order chi connectivity index (χ0) is 11.5. The lowest BCUT2D eigenvalue weighted by Crippen LogP contribution is -2.32. The third kappa shape index (κ3) is 3.29. The average Bonchev–Trinajstić information content (AvgIpc) is 2.75. The third-order valence-corrected chi connectivity index (χ3v) is 5.00. The first-order chi connectivity index (χ1) is 7.65. The van der Waals surface area contributed by atoms with Gasteiger partial charge in [-0.3, -0.25) is 0 Å².